The molecule has 2 nitrogen and oxygen atoms in total. The minimum absolute atomic E-state index is 0.192. The van der Waals surface area contributed by atoms with Gasteiger partial charge in [-0.15, -0.1) is 0 Å². The molecule has 58 valence electrons. The fourth-order valence-corrected chi connectivity index (χ4v) is 1.82. The van der Waals surface area contributed by atoms with Crippen LogP contribution in [-0.4, -0.2) is 11.1 Å². The van der Waals surface area contributed by atoms with Crippen LogP contribution in [0.4, 0.5) is 0 Å². The number of carbonyl (C=O) groups is 1. The fraction of sp³-hybridized carbons (Fsp3) is 0.444. The molecule has 0 aromatic carbocycles. The monoisotopic (exact) mass is 150 g/mol. The summed E-state index contributed by atoms with van der Waals surface area (Å²) in [7, 11) is 0. The summed E-state index contributed by atoms with van der Waals surface area (Å²) in [5, 5.41) is 8.76. The smallest absolute Gasteiger partial charge is 0.331 e. The van der Waals surface area contributed by atoms with Crippen molar-refractivity contribution < 1.29 is 9.90 Å². The first-order valence-corrected chi connectivity index (χ1v) is 3.90. The molecule has 2 heteroatoms. The van der Waals surface area contributed by atoms with Crippen molar-refractivity contribution in [2.75, 3.05) is 0 Å². The Balaban J connectivity index is 2.31. The number of aliphatic carboxylic acids is 1. The summed E-state index contributed by atoms with van der Waals surface area (Å²) in [5.74, 6) is -0.160. The van der Waals surface area contributed by atoms with Gasteiger partial charge in [-0.1, -0.05) is 18.2 Å². The first-order valence-electron chi connectivity index (χ1n) is 3.90. The van der Waals surface area contributed by atoms with E-state index in [1.165, 1.54) is 0 Å². The number of fused-ring (bicyclic) bond motifs is 1. The van der Waals surface area contributed by atoms with E-state index in [-0.39, 0.29) is 5.92 Å². The highest BCUT2D eigenvalue weighted by Crippen LogP contribution is 2.35. The highest BCUT2D eigenvalue weighted by Gasteiger charge is 2.27. The topological polar surface area (TPSA) is 37.3 Å². The van der Waals surface area contributed by atoms with Gasteiger partial charge in [0.15, 0.2) is 0 Å². The minimum Gasteiger partial charge on any atom is -0.478 e. The zero-order chi connectivity index (χ0) is 7.84. The first-order chi connectivity index (χ1) is 5.27. The van der Waals surface area contributed by atoms with Gasteiger partial charge in [-0.05, 0) is 18.8 Å². The number of carboxylic acids is 1. The van der Waals surface area contributed by atoms with Gasteiger partial charge in [0.2, 0.25) is 0 Å². The lowest BCUT2D eigenvalue weighted by molar-refractivity contribution is -0.133. The Kier molecular flexibility index (Phi) is 1.34. The lowest BCUT2D eigenvalue weighted by Gasteiger charge is -2.27. The van der Waals surface area contributed by atoms with Crippen molar-refractivity contribution in [3.63, 3.8) is 0 Å². The highest BCUT2D eigenvalue weighted by molar-refractivity contribution is 5.88. The van der Waals surface area contributed by atoms with E-state index in [0.29, 0.717) is 11.5 Å². The van der Waals surface area contributed by atoms with Crippen LogP contribution in [0.5, 0.6) is 0 Å². The lowest BCUT2D eigenvalue weighted by atomic mass is 9.77. The zero-order valence-electron chi connectivity index (χ0n) is 6.16. The SMILES string of the molecule is O=C(O)C1=C[C@H]2C=C[C@@H]1CC2. The van der Waals surface area contributed by atoms with Crippen LogP contribution in [0.2, 0.25) is 0 Å². The molecule has 0 saturated heterocycles. The Morgan fingerprint density at radius 2 is 2.27 bits per heavy atom. The summed E-state index contributed by atoms with van der Waals surface area (Å²) < 4.78 is 0. The third-order valence-corrected chi connectivity index (χ3v) is 2.44. The van der Waals surface area contributed by atoms with Crippen LogP contribution in [0.15, 0.2) is 23.8 Å². The maximum absolute atomic E-state index is 10.6. The summed E-state index contributed by atoms with van der Waals surface area (Å²) in [6, 6.07) is 0. The van der Waals surface area contributed by atoms with Crippen molar-refractivity contribution in [2.24, 2.45) is 11.8 Å². The van der Waals surface area contributed by atoms with E-state index < -0.39 is 5.97 Å². The second kappa shape index (κ2) is 2.22. The molecule has 0 saturated carbocycles. The Hall–Kier alpha value is -1.05. The van der Waals surface area contributed by atoms with Crippen LogP contribution in [0.3, 0.4) is 0 Å². The number of allylic oxidation sites excluding steroid dienone is 3. The van der Waals surface area contributed by atoms with Crippen molar-refractivity contribution in [2.45, 2.75) is 12.8 Å². The van der Waals surface area contributed by atoms with Gasteiger partial charge in [-0.3, -0.25) is 0 Å². The average Bonchev–Trinajstić information content (AvgIpc) is 2.06. The second-order valence-electron chi connectivity index (χ2n) is 3.16. The van der Waals surface area contributed by atoms with Gasteiger partial charge in [-0.25, -0.2) is 4.79 Å². The summed E-state index contributed by atoms with van der Waals surface area (Å²) in [4.78, 5) is 10.6. The molecule has 3 rings (SSSR count). The van der Waals surface area contributed by atoms with E-state index in [0.717, 1.165) is 12.8 Å². The molecule has 0 unspecified atom stereocenters. The van der Waals surface area contributed by atoms with Crippen molar-refractivity contribution in [1.29, 1.82) is 0 Å². The number of rotatable bonds is 1. The highest BCUT2D eigenvalue weighted by atomic mass is 16.4. The minimum atomic E-state index is -0.746. The molecular weight excluding hydrogens is 140 g/mol. The predicted octanol–water partition coefficient (Wildman–Crippen LogP) is 1.59. The summed E-state index contributed by atoms with van der Waals surface area (Å²) >= 11 is 0. The standard InChI is InChI=1S/C9H10O2/c10-9(11)8-5-6-1-3-7(8)4-2-6/h1,3,5-7H,2,4H2,(H,10,11)/t6-,7+/m0/s1. The molecule has 0 amide bonds. The molecule has 2 bridgehead atoms. The molecule has 0 heterocycles. The predicted molar refractivity (Wildman–Crippen MR) is 41.1 cm³/mol. The molecule has 3 aliphatic carbocycles. The Morgan fingerprint density at radius 1 is 1.45 bits per heavy atom. The molecule has 0 aromatic heterocycles. The van der Waals surface area contributed by atoms with Crippen LogP contribution < -0.4 is 0 Å². The maximum Gasteiger partial charge on any atom is 0.331 e. The van der Waals surface area contributed by atoms with Crippen LogP contribution in [0, 0.1) is 11.8 Å². The molecule has 0 spiro atoms. The van der Waals surface area contributed by atoms with E-state index in [4.69, 9.17) is 5.11 Å². The molecule has 3 aliphatic rings. The van der Waals surface area contributed by atoms with Crippen molar-refractivity contribution in [3.8, 4) is 0 Å². The zero-order valence-corrected chi connectivity index (χ0v) is 6.16. The van der Waals surface area contributed by atoms with E-state index in [1.54, 1.807) is 0 Å². The van der Waals surface area contributed by atoms with Gasteiger partial charge in [0.05, 0.1) is 0 Å². The van der Waals surface area contributed by atoms with E-state index in [2.05, 4.69) is 6.08 Å². The number of hydrogen-bond donors (Lipinski definition) is 1. The van der Waals surface area contributed by atoms with Gasteiger partial charge in [0.1, 0.15) is 0 Å². The maximum atomic E-state index is 10.6. The fourth-order valence-electron chi connectivity index (χ4n) is 1.82. The lowest BCUT2D eigenvalue weighted by Crippen LogP contribution is -2.21. The first kappa shape index (κ1) is 6.65. The van der Waals surface area contributed by atoms with Gasteiger partial charge in [0.25, 0.3) is 0 Å². The largest absolute Gasteiger partial charge is 0.478 e. The molecular formula is C9H10O2. The van der Waals surface area contributed by atoms with Gasteiger partial charge in [-0.2, -0.15) is 0 Å². The third kappa shape index (κ3) is 0.985. The molecule has 0 radical (unpaired) electrons. The van der Waals surface area contributed by atoms with E-state index in [1.807, 2.05) is 12.2 Å². The van der Waals surface area contributed by atoms with Crippen LogP contribution in [0.1, 0.15) is 12.8 Å². The second-order valence-corrected chi connectivity index (χ2v) is 3.16. The molecule has 0 aromatic rings. The van der Waals surface area contributed by atoms with Crippen LogP contribution in [-0.2, 0) is 4.79 Å². The van der Waals surface area contributed by atoms with Gasteiger partial charge in [0, 0.05) is 11.5 Å². The Bertz CT molecular complexity index is 250. The van der Waals surface area contributed by atoms with E-state index in [9.17, 15) is 4.79 Å². The molecule has 2 atom stereocenters. The molecule has 0 aliphatic heterocycles. The average molecular weight is 150 g/mol. The molecule has 11 heavy (non-hydrogen) atoms. The van der Waals surface area contributed by atoms with Crippen LogP contribution >= 0.6 is 0 Å². The summed E-state index contributed by atoms with van der Waals surface area (Å²) in [6.45, 7) is 0. The number of hydrogen-bond acceptors (Lipinski definition) is 1. The van der Waals surface area contributed by atoms with Crippen molar-refractivity contribution >= 4 is 5.97 Å². The Morgan fingerprint density at radius 3 is 2.55 bits per heavy atom. The van der Waals surface area contributed by atoms with Gasteiger partial charge < -0.3 is 5.11 Å². The normalized spacial score (nSPS) is 33.6. The summed E-state index contributed by atoms with van der Waals surface area (Å²) in [5.41, 5.74) is 0.601. The van der Waals surface area contributed by atoms with Crippen molar-refractivity contribution in [3.05, 3.63) is 23.8 Å². The molecule has 1 N–H and O–H groups in total. The molecule has 0 fully saturated rings. The quantitative estimate of drug-likeness (QED) is 0.576. The van der Waals surface area contributed by atoms with Crippen LogP contribution in [0.25, 0.3) is 0 Å². The van der Waals surface area contributed by atoms with Gasteiger partial charge >= 0.3 is 5.97 Å². The summed E-state index contributed by atoms with van der Waals surface area (Å²) in [6.07, 6.45) is 8.16. The van der Waals surface area contributed by atoms with Crippen molar-refractivity contribution in [1.82, 2.24) is 0 Å². The Labute approximate surface area is 65.2 Å². The third-order valence-electron chi connectivity index (χ3n) is 2.44. The number of carboxylic acid groups (broad SMARTS) is 1. The van der Waals surface area contributed by atoms with E-state index >= 15 is 0 Å².